The molecule has 0 radical (unpaired) electrons. The van der Waals surface area contributed by atoms with E-state index in [0.717, 1.165) is 23.2 Å². The zero-order valence-electron chi connectivity index (χ0n) is 11.5. The number of hydrogen-bond acceptors (Lipinski definition) is 1. The highest BCUT2D eigenvalue weighted by molar-refractivity contribution is 6.31. The van der Waals surface area contributed by atoms with Crippen LogP contribution < -0.4 is 0 Å². The summed E-state index contributed by atoms with van der Waals surface area (Å²) < 4.78 is 14.9. The Morgan fingerprint density at radius 1 is 1.35 bits per heavy atom. The number of aromatic nitrogens is 2. The van der Waals surface area contributed by atoms with Crippen LogP contribution in [0.25, 0.3) is 0 Å². The lowest BCUT2D eigenvalue weighted by Gasteiger charge is -2.04. The van der Waals surface area contributed by atoms with Gasteiger partial charge in [0.05, 0.1) is 18.1 Å². The minimum absolute atomic E-state index is 0.259. The van der Waals surface area contributed by atoms with Crippen molar-refractivity contribution in [2.45, 2.75) is 32.7 Å². The van der Waals surface area contributed by atoms with E-state index in [1.165, 1.54) is 12.1 Å². The van der Waals surface area contributed by atoms with Gasteiger partial charge < -0.3 is 0 Å². The fraction of sp³-hybridized carbons (Fsp3) is 0.400. The van der Waals surface area contributed by atoms with E-state index < -0.39 is 0 Å². The molecule has 20 heavy (non-hydrogen) atoms. The SMILES string of the molecule is CC(C)Cc1nn(Cc2cccc(F)c2)c(Cl)c1CCl. The van der Waals surface area contributed by atoms with Gasteiger partial charge in [0, 0.05) is 5.56 Å². The Morgan fingerprint density at radius 3 is 2.70 bits per heavy atom. The van der Waals surface area contributed by atoms with Crippen LogP contribution >= 0.6 is 23.2 Å². The molecule has 0 unspecified atom stereocenters. The molecule has 0 atom stereocenters. The normalized spacial score (nSPS) is 11.3. The predicted octanol–water partition coefficient (Wildman–Crippen LogP) is 4.66. The maximum atomic E-state index is 13.2. The molecule has 0 saturated heterocycles. The lowest BCUT2D eigenvalue weighted by Crippen LogP contribution is -2.03. The summed E-state index contributed by atoms with van der Waals surface area (Å²) in [5.74, 6) is 0.556. The highest BCUT2D eigenvalue weighted by atomic mass is 35.5. The molecular formula is C15H17Cl2FN2. The molecule has 2 nitrogen and oxygen atoms in total. The van der Waals surface area contributed by atoms with Gasteiger partial charge in [-0.1, -0.05) is 37.6 Å². The number of halogens is 3. The second-order valence-electron chi connectivity index (χ2n) is 5.24. The molecule has 0 aliphatic carbocycles. The lowest BCUT2D eigenvalue weighted by molar-refractivity contribution is 0.601. The molecule has 0 saturated carbocycles. The maximum absolute atomic E-state index is 13.2. The van der Waals surface area contributed by atoms with Crippen molar-refractivity contribution < 1.29 is 4.39 Å². The molecule has 1 aromatic heterocycles. The van der Waals surface area contributed by atoms with Gasteiger partial charge >= 0.3 is 0 Å². The van der Waals surface area contributed by atoms with Gasteiger partial charge in [0.15, 0.2) is 0 Å². The Kier molecular flexibility index (Phi) is 5.06. The van der Waals surface area contributed by atoms with E-state index in [1.54, 1.807) is 10.7 Å². The minimum atomic E-state index is -0.259. The Bertz CT molecular complexity index is 594. The van der Waals surface area contributed by atoms with Crippen molar-refractivity contribution in [3.8, 4) is 0 Å². The molecule has 108 valence electrons. The van der Waals surface area contributed by atoms with Crippen LogP contribution in [0.5, 0.6) is 0 Å². The van der Waals surface area contributed by atoms with Gasteiger partial charge in [0.25, 0.3) is 0 Å². The summed E-state index contributed by atoms with van der Waals surface area (Å²) in [7, 11) is 0. The summed E-state index contributed by atoms with van der Waals surface area (Å²) in [4.78, 5) is 0. The second kappa shape index (κ2) is 6.59. The molecule has 0 fully saturated rings. The molecule has 1 heterocycles. The van der Waals surface area contributed by atoms with E-state index in [1.807, 2.05) is 6.07 Å². The van der Waals surface area contributed by atoms with Crippen molar-refractivity contribution in [2.24, 2.45) is 5.92 Å². The van der Waals surface area contributed by atoms with Gasteiger partial charge in [-0.3, -0.25) is 0 Å². The molecule has 0 N–H and O–H groups in total. The fourth-order valence-corrected chi connectivity index (χ4v) is 2.74. The van der Waals surface area contributed by atoms with E-state index in [2.05, 4.69) is 18.9 Å². The first-order chi connectivity index (χ1) is 9.51. The van der Waals surface area contributed by atoms with E-state index in [9.17, 15) is 4.39 Å². The Labute approximate surface area is 128 Å². The molecular weight excluding hydrogens is 298 g/mol. The first kappa shape index (κ1) is 15.3. The van der Waals surface area contributed by atoms with Crippen LogP contribution in [0, 0.1) is 11.7 Å². The quantitative estimate of drug-likeness (QED) is 0.734. The Morgan fingerprint density at radius 2 is 2.10 bits per heavy atom. The monoisotopic (exact) mass is 314 g/mol. The standard InChI is InChI=1S/C15H17Cl2FN2/c1-10(2)6-14-13(8-16)15(17)20(19-14)9-11-4-3-5-12(18)7-11/h3-5,7,10H,6,8-9H2,1-2H3. The predicted molar refractivity (Wildman–Crippen MR) is 80.8 cm³/mol. The first-order valence-corrected chi connectivity index (χ1v) is 7.47. The molecule has 0 bridgehead atoms. The summed E-state index contributed by atoms with van der Waals surface area (Å²) in [5.41, 5.74) is 2.63. The first-order valence-electron chi connectivity index (χ1n) is 6.55. The molecule has 2 rings (SSSR count). The second-order valence-corrected chi connectivity index (χ2v) is 5.86. The van der Waals surface area contributed by atoms with Crippen molar-refractivity contribution in [3.63, 3.8) is 0 Å². The van der Waals surface area contributed by atoms with Crippen molar-refractivity contribution in [2.75, 3.05) is 0 Å². The Hall–Kier alpha value is -1.06. The topological polar surface area (TPSA) is 17.8 Å². The van der Waals surface area contributed by atoms with Crippen LogP contribution in [-0.4, -0.2) is 9.78 Å². The minimum Gasteiger partial charge on any atom is -0.249 e. The molecule has 0 amide bonds. The smallest absolute Gasteiger partial charge is 0.132 e. The summed E-state index contributed by atoms with van der Waals surface area (Å²) in [6, 6.07) is 6.44. The maximum Gasteiger partial charge on any atom is 0.132 e. The molecule has 5 heteroatoms. The summed E-state index contributed by atoms with van der Waals surface area (Å²) in [6.07, 6.45) is 0.831. The van der Waals surface area contributed by atoms with Gasteiger partial charge in [0.2, 0.25) is 0 Å². The van der Waals surface area contributed by atoms with Crippen LogP contribution in [0.3, 0.4) is 0 Å². The summed E-state index contributed by atoms with van der Waals surface area (Å²) >= 11 is 12.3. The molecule has 2 aromatic rings. The number of rotatable bonds is 5. The number of nitrogens with zero attached hydrogens (tertiary/aromatic N) is 2. The number of benzene rings is 1. The zero-order chi connectivity index (χ0) is 14.7. The zero-order valence-corrected chi connectivity index (χ0v) is 13.0. The fourth-order valence-electron chi connectivity index (χ4n) is 2.12. The van der Waals surface area contributed by atoms with Crippen molar-refractivity contribution >= 4 is 23.2 Å². The third-order valence-corrected chi connectivity index (χ3v) is 3.71. The van der Waals surface area contributed by atoms with Gasteiger partial charge in [-0.25, -0.2) is 9.07 Å². The highest BCUT2D eigenvalue weighted by Crippen LogP contribution is 2.25. The van der Waals surface area contributed by atoms with E-state index in [-0.39, 0.29) is 5.82 Å². The van der Waals surface area contributed by atoms with E-state index >= 15 is 0 Å². The van der Waals surface area contributed by atoms with E-state index in [4.69, 9.17) is 23.2 Å². The van der Waals surface area contributed by atoms with Gasteiger partial charge in [-0.2, -0.15) is 5.10 Å². The van der Waals surface area contributed by atoms with Crippen LogP contribution in [0.1, 0.15) is 30.7 Å². The van der Waals surface area contributed by atoms with E-state index in [0.29, 0.717) is 23.5 Å². The highest BCUT2D eigenvalue weighted by Gasteiger charge is 2.16. The molecule has 1 aromatic carbocycles. The van der Waals surface area contributed by atoms with Crippen LogP contribution in [0.15, 0.2) is 24.3 Å². The van der Waals surface area contributed by atoms with Crippen LogP contribution in [0.2, 0.25) is 5.15 Å². The third kappa shape index (κ3) is 3.53. The molecule has 0 aliphatic heterocycles. The molecule has 0 aliphatic rings. The summed E-state index contributed by atoms with van der Waals surface area (Å²) in [6.45, 7) is 4.69. The van der Waals surface area contributed by atoms with Gasteiger partial charge in [0.1, 0.15) is 11.0 Å². The number of alkyl halides is 1. The third-order valence-electron chi connectivity index (χ3n) is 3.02. The average molecular weight is 315 g/mol. The number of hydrogen-bond donors (Lipinski definition) is 0. The van der Waals surface area contributed by atoms with Crippen molar-refractivity contribution in [1.29, 1.82) is 0 Å². The van der Waals surface area contributed by atoms with Crippen molar-refractivity contribution in [1.82, 2.24) is 9.78 Å². The Balaban J connectivity index is 2.30. The average Bonchev–Trinajstić information content (AvgIpc) is 2.64. The molecule has 0 spiro atoms. The van der Waals surface area contributed by atoms with Crippen molar-refractivity contribution in [3.05, 3.63) is 52.1 Å². The van der Waals surface area contributed by atoms with Gasteiger partial charge in [-0.15, -0.1) is 11.6 Å². The van der Waals surface area contributed by atoms with Crippen LogP contribution in [-0.2, 0) is 18.8 Å². The van der Waals surface area contributed by atoms with Crippen LogP contribution in [0.4, 0.5) is 4.39 Å². The van der Waals surface area contributed by atoms with Gasteiger partial charge in [-0.05, 0) is 30.0 Å². The summed E-state index contributed by atoms with van der Waals surface area (Å²) in [5, 5.41) is 5.07. The largest absolute Gasteiger partial charge is 0.249 e. The lowest BCUT2D eigenvalue weighted by atomic mass is 10.1.